The van der Waals surface area contributed by atoms with E-state index in [-0.39, 0.29) is 12.1 Å². The molecule has 23 heavy (non-hydrogen) atoms. The minimum atomic E-state index is -0.630. The van der Waals surface area contributed by atoms with Gasteiger partial charge < -0.3 is 14.8 Å². The van der Waals surface area contributed by atoms with E-state index >= 15 is 0 Å². The lowest BCUT2D eigenvalue weighted by Crippen LogP contribution is -2.44. The van der Waals surface area contributed by atoms with E-state index < -0.39 is 18.0 Å². The number of hydrogen-bond acceptors (Lipinski definition) is 4. The molecule has 1 aliphatic heterocycles. The first-order valence-corrected chi connectivity index (χ1v) is 7.66. The molecule has 0 bridgehead atoms. The largest absolute Gasteiger partial charge is 0.497 e. The fraction of sp³-hybridized carbons (Fsp3) is 0.471. The number of ether oxygens (including phenoxy) is 2. The van der Waals surface area contributed by atoms with Crippen LogP contribution in [0.2, 0.25) is 0 Å². The average molecular weight is 318 g/mol. The summed E-state index contributed by atoms with van der Waals surface area (Å²) in [6.45, 7) is 5.47. The summed E-state index contributed by atoms with van der Waals surface area (Å²) in [6, 6.07) is 6.29. The molecule has 1 aromatic carbocycles. The molecular formula is C17H22N2O4. The number of nitrogens with one attached hydrogen (secondary N) is 1. The van der Waals surface area contributed by atoms with Crippen molar-refractivity contribution in [1.29, 1.82) is 0 Å². The van der Waals surface area contributed by atoms with Gasteiger partial charge in [-0.2, -0.15) is 0 Å². The number of esters is 1. The molecule has 3 atom stereocenters. The van der Waals surface area contributed by atoms with Crippen molar-refractivity contribution in [1.82, 2.24) is 5.32 Å². The monoisotopic (exact) mass is 318 g/mol. The van der Waals surface area contributed by atoms with Gasteiger partial charge in [0, 0.05) is 5.71 Å². The number of rotatable bonds is 5. The number of carbonyl (C=O) groups is 2. The van der Waals surface area contributed by atoms with Gasteiger partial charge in [-0.05, 0) is 38.0 Å². The third-order valence-electron chi connectivity index (χ3n) is 3.96. The lowest BCUT2D eigenvalue weighted by molar-refractivity contribution is -0.151. The Hall–Kier alpha value is -2.37. The van der Waals surface area contributed by atoms with Gasteiger partial charge in [0.05, 0.1) is 19.3 Å². The van der Waals surface area contributed by atoms with Gasteiger partial charge in [0.25, 0.3) is 0 Å². The van der Waals surface area contributed by atoms with Gasteiger partial charge in [-0.1, -0.05) is 19.1 Å². The Bertz CT molecular complexity index is 610. The molecule has 0 spiro atoms. The van der Waals surface area contributed by atoms with E-state index in [1.807, 2.05) is 26.0 Å². The average Bonchev–Trinajstić information content (AvgIpc) is 2.53. The maximum Gasteiger partial charge on any atom is 0.341 e. The molecule has 0 saturated heterocycles. The molecular weight excluding hydrogens is 296 g/mol. The highest BCUT2D eigenvalue weighted by molar-refractivity contribution is 6.08. The van der Waals surface area contributed by atoms with E-state index in [2.05, 4.69) is 10.3 Å². The number of hydrogen-bond donors (Lipinski definition) is 1. The third kappa shape index (κ3) is 3.88. The van der Waals surface area contributed by atoms with Gasteiger partial charge in [0.1, 0.15) is 11.7 Å². The molecule has 3 unspecified atom stereocenters. The molecule has 6 nitrogen and oxygen atoms in total. The van der Waals surface area contributed by atoms with Crippen LogP contribution in [0, 0.1) is 5.92 Å². The molecule has 2 rings (SSSR count). The van der Waals surface area contributed by atoms with Crippen LogP contribution in [0.1, 0.15) is 38.8 Å². The summed E-state index contributed by atoms with van der Waals surface area (Å²) in [6.07, 6.45) is 0.554. The van der Waals surface area contributed by atoms with E-state index in [4.69, 9.17) is 9.47 Å². The zero-order valence-electron chi connectivity index (χ0n) is 13.8. The van der Waals surface area contributed by atoms with Gasteiger partial charge in [-0.3, -0.25) is 4.79 Å². The summed E-state index contributed by atoms with van der Waals surface area (Å²) in [4.78, 5) is 28.1. The van der Waals surface area contributed by atoms with Crippen molar-refractivity contribution >= 4 is 17.7 Å². The summed E-state index contributed by atoms with van der Waals surface area (Å²) >= 11 is 0. The first-order valence-electron chi connectivity index (χ1n) is 7.66. The van der Waals surface area contributed by atoms with Crippen molar-refractivity contribution in [3.8, 4) is 5.75 Å². The summed E-state index contributed by atoms with van der Waals surface area (Å²) in [5.74, 6) is -0.295. The molecule has 1 N–H and O–H groups in total. The van der Waals surface area contributed by atoms with Crippen LogP contribution in [-0.2, 0) is 9.53 Å². The fourth-order valence-corrected chi connectivity index (χ4v) is 2.47. The van der Waals surface area contributed by atoms with Crippen molar-refractivity contribution in [2.75, 3.05) is 7.11 Å². The topological polar surface area (TPSA) is 77.0 Å². The summed E-state index contributed by atoms with van der Waals surface area (Å²) < 4.78 is 10.6. The van der Waals surface area contributed by atoms with Crippen LogP contribution in [0.5, 0.6) is 5.75 Å². The lowest BCUT2D eigenvalue weighted by atomic mass is 9.88. The van der Waals surface area contributed by atoms with Crippen LogP contribution in [0.15, 0.2) is 29.3 Å². The van der Waals surface area contributed by atoms with Crippen LogP contribution in [0.25, 0.3) is 0 Å². The normalized spacial score (nSPS) is 21.9. The van der Waals surface area contributed by atoms with Crippen molar-refractivity contribution in [3.05, 3.63) is 29.8 Å². The van der Waals surface area contributed by atoms with Crippen molar-refractivity contribution in [3.63, 3.8) is 0 Å². The number of aliphatic imine (C=N–C) groups is 1. The van der Waals surface area contributed by atoms with Crippen molar-refractivity contribution < 1.29 is 19.1 Å². The van der Waals surface area contributed by atoms with Crippen LogP contribution in [-0.4, -0.2) is 30.9 Å². The highest BCUT2D eigenvalue weighted by atomic mass is 16.5. The molecule has 124 valence electrons. The zero-order valence-corrected chi connectivity index (χ0v) is 13.8. The Kier molecular flexibility index (Phi) is 5.36. The first-order chi connectivity index (χ1) is 11.0. The van der Waals surface area contributed by atoms with E-state index in [0.717, 1.165) is 12.0 Å². The highest BCUT2D eigenvalue weighted by Gasteiger charge is 2.38. The van der Waals surface area contributed by atoms with Gasteiger partial charge in [-0.15, -0.1) is 0 Å². The van der Waals surface area contributed by atoms with E-state index in [0.29, 0.717) is 11.5 Å². The Balaban J connectivity index is 2.31. The number of carbonyl (C=O) groups excluding carboxylic acids is 2. The zero-order chi connectivity index (χ0) is 17.0. The van der Waals surface area contributed by atoms with E-state index in [1.54, 1.807) is 26.2 Å². The lowest BCUT2D eigenvalue weighted by Gasteiger charge is -2.30. The van der Waals surface area contributed by atoms with Gasteiger partial charge in [0.2, 0.25) is 0 Å². The van der Waals surface area contributed by atoms with Crippen molar-refractivity contribution in [2.45, 2.75) is 39.3 Å². The van der Waals surface area contributed by atoms with Crippen LogP contribution in [0.3, 0.4) is 0 Å². The second-order valence-electron chi connectivity index (χ2n) is 5.59. The summed E-state index contributed by atoms with van der Waals surface area (Å²) in [5, 5.41) is 2.75. The van der Waals surface area contributed by atoms with Crippen molar-refractivity contribution in [2.24, 2.45) is 10.9 Å². The standard InChI is InChI=1S/C17H22N2O4/c1-5-10(2)23-16(20)14-11(3)18-17(21)19-15(14)12-6-8-13(22-4)9-7-12/h6-10,14-15H,5H2,1-4H3,(H,19,21). The SMILES string of the molecule is CCC(C)OC(=O)C1C(C)=NC(=O)NC1c1ccc(OC)cc1. The fourth-order valence-electron chi connectivity index (χ4n) is 2.47. The van der Waals surface area contributed by atoms with E-state index in [9.17, 15) is 9.59 Å². The Morgan fingerprint density at radius 1 is 1.35 bits per heavy atom. The molecule has 0 aromatic heterocycles. The number of nitrogens with zero attached hydrogens (tertiary/aromatic N) is 1. The smallest absolute Gasteiger partial charge is 0.341 e. The highest BCUT2D eigenvalue weighted by Crippen LogP contribution is 2.29. The molecule has 0 aliphatic carbocycles. The Morgan fingerprint density at radius 2 is 2.00 bits per heavy atom. The molecule has 0 fully saturated rings. The number of amides is 2. The molecule has 0 saturated carbocycles. The minimum Gasteiger partial charge on any atom is -0.497 e. The molecule has 1 heterocycles. The van der Waals surface area contributed by atoms with Crippen LogP contribution >= 0.6 is 0 Å². The maximum atomic E-state index is 12.5. The number of methoxy groups -OCH3 is 1. The quantitative estimate of drug-likeness (QED) is 0.847. The third-order valence-corrected chi connectivity index (χ3v) is 3.96. The number of benzene rings is 1. The Morgan fingerprint density at radius 3 is 2.57 bits per heavy atom. The maximum absolute atomic E-state index is 12.5. The van der Waals surface area contributed by atoms with Crippen LogP contribution < -0.4 is 10.1 Å². The molecule has 1 aliphatic rings. The predicted molar refractivity (Wildman–Crippen MR) is 86.7 cm³/mol. The first kappa shape index (κ1) is 17.0. The minimum absolute atomic E-state index is 0.176. The Labute approximate surface area is 135 Å². The summed E-state index contributed by atoms with van der Waals surface area (Å²) in [7, 11) is 1.58. The number of urea groups is 1. The summed E-state index contributed by atoms with van der Waals surface area (Å²) in [5.41, 5.74) is 1.27. The van der Waals surface area contributed by atoms with Gasteiger partial charge >= 0.3 is 12.0 Å². The van der Waals surface area contributed by atoms with Crippen LogP contribution in [0.4, 0.5) is 4.79 Å². The second-order valence-corrected chi connectivity index (χ2v) is 5.59. The van der Waals surface area contributed by atoms with E-state index in [1.165, 1.54) is 0 Å². The second kappa shape index (κ2) is 7.26. The molecule has 2 amide bonds. The molecule has 1 aromatic rings. The molecule has 0 radical (unpaired) electrons. The molecule has 6 heteroatoms. The predicted octanol–water partition coefficient (Wildman–Crippen LogP) is 2.88. The van der Waals surface area contributed by atoms with Gasteiger partial charge in [0.15, 0.2) is 0 Å². The van der Waals surface area contributed by atoms with Gasteiger partial charge in [-0.25, -0.2) is 9.79 Å².